The van der Waals surface area contributed by atoms with Gasteiger partial charge in [0.1, 0.15) is 0 Å². The first-order chi connectivity index (χ1) is 8.29. The van der Waals surface area contributed by atoms with Crippen LogP contribution in [0.2, 0.25) is 0 Å². The summed E-state index contributed by atoms with van der Waals surface area (Å²) in [5.74, 6) is 1.45. The number of nitrogens with two attached hydrogens (primary N) is 1. The van der Waals surface area contributed by atoms with E-state index in [1.165, 1.54) is 25.7 Å². The van der Waals surface area contributed by atoms with E-state index in [0.29, 0.717) is 25.0 Å². The summed E-state index contributed by atoms with van der Waals surface area (Å²) in [6.45, 7) is 2.16. The second-order valence-electron chi connectivity index (χ2n) is 5.53. The number of hydrogen-bond donors (Lipinski definition) is 3. The van der Waals surface area contributed by atoms with Crippen LogP contribution < -0.4 is 16.4 Å². The minimum atomic E-state index is 0.135. The summed E-state index contributed by atoms with van der Waals surface area (Å²) < 4.78 is 0. The molecule has 0 bridgehead atoms. The monoisotopic (exact) mass is 239 g/mol. The van der Waals surface area contributed by atoms with Crippen LogP contribution in [0.3, 0.4) is 0 Å². The highest BCUT2D eigenvalue weighted by Gasteiger charge is 2.25. The molecule has 2 rings (SSSR count). The number of carbonyl (C=O) groups is 1. The van der Waals surface area contributed by atoms with Gasteiger partial charge in [-0.15, -0.1) is 0 Å². The van der Waals surface area contributed by atoms with Crippen molar-refractivity contribution >= 4 is 5.91 Å². The minimum Gasteiger partial charge on any atom is -0.352 e. The molecule has 2 fully saturated rings. The molecule has 2 aliphatic rings. The van der Waals surface area contributed by atoms with Gasteiger partial charge in [-0.25, -0.2) is 0 Å². The molecule has 4 N–H and O–H groups in total. The van der Waals surface area contributed by atoms with Crippen LogP contribution in [0.25, 0.3) is 0 Å². The molecule has 0 aromatic heterocycles. The highest BCUT2D eigenvalue weighted by atomic mass is 16.1. The first kappa shape index (κ1) is 12.8. The van der Waals surface area contributed by atoms with Gasteiger partial charge in [0.15, 0.2) is 0 Å². The molecule has 0 aromatic carbocycles. The first-order valence-corrected chi connectivity index (χ1v) is 6.99. The SMILES string of the molecule is NCC1CCCCC1NC(=O)CNCC1CC1. The van der Waals surface area contributed by atoms with Crippen molar-refractivity contribution < 1.29 is 4.79 Å². The van der Waals surface area contributed by atoms with E-state index in [0.717, 1.165) is 25.3 Å². The molecule has 2 aliphatic carbocycles. The minimum absolute atomic E-state index is 0.135. The molecule has 2 saturated carbocycles. The molecule has 2 atom stereocenters. The summed E-state index contributed by atoms with van der Waals surface area (Å²) in [6.07, 6.45) is 7.39. The zero-order valence-corrected chi connectivity index (χ0v) is 10.6. The quantitative estimate of drug-likeness (QED) is 0.636. The van der Waals surface area contributed by atoms with E-state index in [-0.39, 0.29) is 5.91 Å². The van der Waals surface area contributed by atoms with Crippen molar-refractivity contribution in [2.45, 2.75) is 44.6 Å². The molecule has 0 saturated heterocycles. The second kappa shape index (κ2) is 6.36. The Morgan fingerprint density at radius 1 is 1.18 bits per heavy atom. The van der Waals surface area contributed by atoms with Gasteiger partial charge in [-0.3, -0.25) is 4.79 Å². The lowest BCUT2D eigenvalue weighted by Crippen LogP contribution is -2.47. The lowest BCUT2D eigenvalue weighted by molar-refractivity contribution is -0.121. The standard InChI is InChI=1S/C13H25N3O/c14-7-11-3-1-2-4-12(11)16-13(17)9-15-8-10-5-6-10/h10-12,15H,1-9,14H2,(H,16,17). The number of rotatable bonds is 6. The summed E-state index contributed by atoms with van der Waals surface area (Å²) in [4.78, 5) is 11.8. The first-order valence-electron chi connectivity index (χ1n) is 6.99. The van der Waals surface area contributed by atoms with E-state index in [4.69, 9.17) is 5.73 Å². The van der Waals surface area contributed by atoms with Gasteiger partial charge in [0.05, 0.1) is 6.54 Å². The fourth-order valence-electron chi connectivity index (χ4n) is 2.65. The van der Waals surface area contributed by atoms with E-state index in [2.05, 4.69) is 10.6 Å². The summed E-state index contributed by atoms with van der Waals surface area (Å²) in [5.41, 5.74) is 5.75. The van der Waals surface area contributed by atoms with Gasteiger partial charge in [-0.05, 0) is 50.6 Å². The smallest absolute Gasteiger partial charge is 0.234 e. The van der Waals surface area contributed by atoms with Crippen LogP contribution in [0.4, 0.5) is 0 Å². The molecule has 4 nitrogen and oxygen atoms in total. The Labute approximate surface area is 104 Å². The van der Waals surface area contributed by atoms with Crippen molar-refractivity contribution in [3.8, 4) is 0 Å². The van der Waals surface area contributed by atoms with Gasteiger partial charge >= 0.3 is 0 Å². The molecule has 17 heavy (non-hydrogen) atoms. The zero-order chi connectivity index (χ0) is 12.1. The van der Waals surface area contributed by atoms with Crippen molar-refractivity contribution in [1.29, 1.82) is 0 Å². The van der Waals surface area contributed by atoms with Crippen LogP contribution in [0, 0.1) is 11.8 Å². The second-order valence-corrected chi connectivity index (χ2v) is 5.53. The fraction of sp³-hybridized carbons (Fsp3) is 0.923. The predicted octanol–water partition coefficient (Wildman–Crippen LogP) is 0.620. The summed E-state index contributed by atoms with van der Waals surface area (Å²) >= 11 is 0. The number of amides is 1. The Morgan fingerprint density at radius 3 is 2.65 bits per heavy atom. The lowest BCUT2D eigenvalue weighted by Gasteiger charge is -2.31. The van der Waals surface area contributed by atoms with Crippen LogP contribution in [-0.4, -0.2) is 31.6 Å². The van der Waals surface area contributed by atoms with Gasteiger partial charge < -0.3 is 16.4 Å². The maximum atomic E-state index is 11.8. The Bertz CT molecular complexity index is 253. The normalized spacial score (nSPS) is 29.0. The summed E-state index contributed by atoms with van der Waals surface area (Å²) in [7, 11) is 0. The molecular weight excluding hydrogens is 214 g/mol. The topological polar surface area (TPSA) is 67.1 Å². The van der Waals surface area contributed by atoms with E-state index in [1.807, 2.05) is 0 Å². The molecule has 98 valence electrons. The van der Waals surface area contributed by atoms with Gasteiger partial charge in [0, 0.05) is 6.04 Å². The maximum absolute atomic E-state index is 11.8. The average molecular weight is 239 g/mol. The molecule has 0 spiro atoms. The van der Waals surface area contributed by atoms with E-state index < -0.39 is 0 Å². The molecule has 0 aliphatic heterocycles. The van der Waals surface area contributed by atoms with Crippen molar-refractivity contribution in [1.82, 2.24) is 10.6 Å². The Balaban J connectivity index is 1.64. The number of nitrogens with one attached hydrogen (secondary N) is 2. The maximum Gasteiger partial charge on any atom is 0.234 e. The molecule has 0 aromatic rings. The van der Waals surface area contributed by atoms with Crippen LogP contribution in [0.1, 0.15) is 38.5 Å². The van der Waals surface area contributed by atoms with Crippen LogP contribution >= 0.6 is 0 Å². The molecule has 4 heteroatoms. The van der Waals surface area contributed by atoms with Crippen molar-refractivity contribution in [3.05, 3.63) is 0 Å². The summed E-state index contributed by atoms with van der Waals surface area (Å²) in [6, 6.07) is 0.309. The zero-order valence-electron chi connectivity index (χ0n) is 10.6. The highest BCUT2D eigenvalue weighted by Crippen LogP contribution is 2.27. The summed E-state index contributed by atoms with van der Waals surface area (Å²) in [5, 5.41) is 6.36. The third kappa shape index (κ3) is 4.28. The molecule has 1 amide bonds. The Hall–Kier alpha value is -0.610. The van der Waals surface area contributed by atoms with Gasteiger partial charge in [0.25, 0.3) is 0 Å². The lowest BCUT2D eigenvalue weighted by atomic mass is 9.84. The number of hydrogen-bond acceptors (Lipinski definition) is 3. The van der Waals surface area contributed by atoms with Crippen molar-refractivity contribution in [2.75, 3.05) is 19.6 Å². The third-order valence-electron chi connectivity index (χ3n) is 3.97. The van der Waals surface area contributed by atoms with Gasteiger partial charge in [0.2, 0.25) is 5.91 Å². The van der Waals surface area contributed by atoms with Crippen LogP contribution in [0.5, 0.6) is 0 Å². The Kier molecular flexibility index (Phi) is 4.80. The average Bonchev–Trinajstić information content (AvgIpc) is 3.14. The highest BCUT2D eigenvalue weighted by molar-refractivity contribution is 5.78. The molecule has 0 heterocycles. The van der Waals surface area contributed by atoms with Gasteiger partial charge in [-0.1, -0.05) is 12.8 Å². The molecule has 0 radical (unpaired) electrons. The van der Waals surface area contributed by atoms with Crippen molar-refractivity contribution in [3.63, 3.8) is 0 Å². The van der Waals surface area contributed by atoms with Crippen molar-refractivity contribution in [2.24, 2.45) is 17.6 Å². The van der Waals surface area contributed by atoms with Crippen LogP contribution in [-0.2, 0) is 4.79 Å². The number of carbonyl (C=O) groups excluding carboxylic acids is 1. The molecule has 2 unspecified atom stereocenters. The predicted molar refractivity (Wildman–Crippen MR) is 68.5 cm³/mol. The fourth-order valence-corrected chi connectivity index (χ4v) is 2.65. The third-order valence-corrected chi connectivity index (χ3v) is 3.97. The van der Waals surface area contributed by atoms with Crippen LogP contribution in [0.15, 0.2) is 0 Å². The van der Waals surface area contributed by atoms with E-state index in [9.17, 15) is 4.79 Å². The van der Waals surface area contributed by atoms with E-state index in [1.54, 1.807) is 0 Å². The van der Waals surface area contributed by atoms with E-state index >= 15 is 0 Å². The largest absolute Gasteiger partial charge is 0.352 e. The van der Waals surface area contributed by atoms with Gasteiger partial charge in [-0.2, -0.15) is 0 Å². The Morgan fingerprint density at radius 2 is 1.94 bits per heavy atom. The molecular formula is C13H25N3O.